The summed E-state index contributed by atoms with van der Waals surface area (Å²) in [6, 6.07) is 17.6. The summed E-state index contributed by atoms with van der Waals surface area (Å²) in [6.07, 6.45) is -3.15. The van der Waals surface area contributed by atoms with E-state index in [0.717, 1.165) is 16.9 Å². The Morgan fingerprint density at radius 2 is 1.50 bits per heavy atom. The van der Waals surface area contributed by atoms with Gasteiger partial charge in [-0.25, -0.2) is 0 Å². The van der Waals surface area contributed by atoms with E-state index in [4.69, 9.17) is 23.7 Å². The zero-order chi connectivity index (χ0) is 21.5. The quantitative estimate of drug-likeness (QED) is 0.672. The van der Waals surface area contributed by atoms with Crippen molar-refractivity contribution in [1.82, 2.24) is 0 Å². The van der Waals surface area contributed by atoms with E-state index in [-0.39, 0.29) is 12.2 Å². The molecule has 1 saturated heterocycles. The molecular formula is C24H32O6. The molecule has 3 rings (SSSR count). The van der Waals surface area contributed by atoms with Crippen molar-refractivity contribution in [3.63, 3.8) is 0 Å². The smallest absolute Gasteiger partial charge is 0.186 e. The third-order valence-electron chi connectivity index (χ3n) is 5.04. The molecule has 164 valence electrons. The van der Waals surface area contributed by atoms with Crippen LogP contribution in [0.2, 0.25) is 0 Å². The summed E-state index contributed by atoms with van der Waals surface area (Å²) in [7, 11) is 1.64. The van der Waals surface area contributed by atoms with Crippen LogP contribution in [0.3, 0.4) is 0 Å². The summed E-state index contributed by atoms with van der Waals surface area (Å²) in [5.74, 6) is 0.793. The Balaban J connectivity index is 1.71. The largest absolute Gasteiger partial charge is 0.497 e. The minimum atomic E-state index is -0.965. The molecule has 1 heterocycles. The summed E-state index contributed by atoms with van der Waals surface area (Å²) < 4.78 is 29.2. The van der Waals surface area contributed by atoms with Gasteiger partial charge in [0.05, 0.1) is 32.5 Å². The number of hydrogen-bond acceptors (Lipinski definition) is 6. The van der Waals surface area contributed by atoms with Gasteiger partial charge in [-0.1, -0.05) is 42.5 Å². The van der Waals surface area contributed by atoms with Gasteiger partial charge >= 0.3 is 0 Å². The highest BCUT2D eigenvalue weighted by Crippen LogP contribution is 2.29. The summed E-state index contributed by atoms with van der Waals surface area (Å²) in [5.41, 5.74) is 2.03. The molecule has 6 nitrogen and oxygen atoms in total. The van der Waals surface area contributed by atoms with Crippen LogP contribution in [0.4, 0.5) is 0 Å². The van der Waals surface area contributed by atoms with Crippen LogP contribution in [0.15, 0.2) is 54.6 Å². The minimum absolute atomic E-state index is 0.0802. The van der Waals surface area contributed by atoms with Crippen LogP contribution in [-0.4, -0.2) is 49.0 Å². The molecule has 0 aromatic heterocycles. The molecule has 1 fully saturated rings. The van der Waals surface area contributed by atoms with Crippen molar-refractivity contribution in [2.75, 3.05) is 7.11 Å². The number of benzene rings is 2. The monoisotopic (exact) mass is 416 g/mol. The molecule has 1 aliphatic heterocycles. The molecule has 0 amide bonds. The Labute approximate surface area is 178 Å². The maximum atomic E-state index is 10.9. The molecule has 0 bridgehead atoms. The van der Waals surface area contributed by atoms with Gasteiger partial charge in [0.2, 0.25) is 0 Å². The van der Waals surface area contributed by atoms with Gasteiger partial charge in [-0.3, -0.25) is 0 Å². The van der Waals surface area contributed by atoms with E-state index in [0.29, 0.717) is 13.2 Å². The van der Waals surface area contributed by atoms with Crippen LogP contribution in [0.5, 0.6) is 5.75 Å². The molecule has 30 heavy (non-hydrogen) atoms. The van der Waals surface area contributed by atoms with Gasteiger partial charge in [0, 0.05) is 0 Å². The van der Waals surface area contributed by atoms with E-state index in [1.807, 2.05) is 75.4 Å². The molecule has 2 aromatic carbocycles. The lowest BCUT2D eigenvalue weighted by molar-refractivity contribution is -0.316. The molecule has 0 aliphatic carbocycles. The van der Waals surface area contributed by atoms with E-state index >= 15 is 0 Å². The number of aliphatic hydroxyl groups excluding tert-OH is 1. The lowest BCUT2D eigenvalue weighted by Crippen LogP contribution is -2.59. The molecule has 1 N–H and O–H groups in total. The predicted molar refractivity (Wildman–Crippen MR) is 113 cm³/mol. The Kier molecular flexibility index (Phi) is 8.24. The van der Waals surface area contributed by atoms with Gasteiger partial charge in [-0.15, -0.1) is 0 Å². The molecule has 2 aromatic rings. The second-order valence-electron chi connectivity index (χ2n) is 7.77. The van der Waals surface area contributed by atoms with Gasteiger partial charge in [-0.05, 0) is 44.0 Å². The average Bonchev–Trinajstić information content (AvgIpc) is 2.75. The number of methoxy groups -OCH3 is 1. The first-order valence-corrected chi connectivity index (χ1v) is 10.4. The molecule has 0 spiro atoms. The van der Waals surface area contributed by atoms with Crippen LogP contribution in [0, 0.1) is 0 Å². The van der Waals surface area contributed by atoms with Gasteiger partial charge in [0.15, 0.2) is 6.29 Å². The molecule has 5 atom stereocenters. The Morgan fingerprint density at radius 1 is 0.900 bits per heavy atom. The second-order valence-corrected chi connectivity index (χ2v) is 7.77. The summed E-state index contributed by atoms with van der Waals surface area (Å²) in [5, 5.41) is 10.9. The highest BCUT2D eigenvalue weighted by Gasteiger charge is 2.46. The molecule has 0 radical (unpaired) electrons. The molecular weight excluding hydrogens is 384 g/mol. The van der Waals surface area contributed by atoms with Crippen molar-refractivity contribution < 1.29 is 28.8 Å². The van der Waals surface area contributed by atoms with Crippen molar-refractivity contribution in [1.29, 1.82) is 0 Å². The fourth-order valence-corrected chi connectivity index (χ4v) is 3.47. The maximum absolute atomic E-state index is 10.9. The number of ether oxygens (including phenoxy) is 5. The fraction of sp³-hybridized carbons (Fsp3) is 0.500. The van der Waals surface area contributed by atoms with Crippen LogP contribution < -0.4 is 4.74 Å². The van der Waals surface area contributed by atoms with Crippen LogP contribution in [0.25, 0.3) is 0 Å². The van der Waals surface area contributed by atoms with Gasteiger partial charge < -0.3 is 28.8 Å². The second kappa shape index (κ2) is 10.9. The van der Waals surface area contributed by atoms with E-state index in [1.165, 1.54) is 0 Å². The van der Waals surface area contributed by atoms with Gasteiger partial charge in [-0.2, -0.15) is 0 Å². The van der Waals surface area contributed by atoms with Crippen molar-refractivity contribution >= 4 is 0 Å². The molecule has 0 unspecified atom stereocenters. The number of rotatable bonds is 9. The van der Waals surface area contributed by atoms with Gasteiger partial charge in [0.25, 0.3) is 0 Å². The molecule has 1 aliphatic rings. The van der Waals surface area contributed by atoms with Crippen molar-refractivity contribution in [3.05, 3.63) is 65.7 Å². The Bertz CT molecular complexity index is 748. The number of hydrogen-bond donors (Lipinski definition) is 1. The van der Waals surface area contributed by atoms with E-state index < -0.39 is 24.6 Å². The molecule has 6 heteroatoms. The van der Waals surface area contributed by atoms with Crippen LogP contribution in [0.1, 0.15) is 31.9 Å². The third-order valence-corrected chi connectivity index (χ3v) is 5.04. The van der Waals surface area contributed by atoms with Gasteiger partial charge in [0.1, 0.15) is 24.1 Å². The normalized spacial score (nSPS) is 26.7. The van der Waals surface area contributed by atoms with E-state index in [1.54, 1.807) is 7.11 Å². The van der Waals surface area contributed by atoms with Crippen LogP contribution in [-0.2, 0) is 32.2 Å². The zero-order valence-corrected chi connectivity index (χ0v) is 18.1. The topological polar surface area (TPSA) is 66.4 Å². The standard InChI is InChI=1S/C24H32O6/c1-16(2)29-24-21(25)23(28-14-18-8-6-5-7-9-18)22(17(3)30-24)27-15-19-10-12-20(26-4)13-11-19/h5-13,16-17,21-25H,14-15H2,1-4H3/t17-,21+,22-,23-,24-/m0/s1. The first-order valence-electron chi connectivity index (χ1n) is 10.4. The first kappa shape index (κ1) is 22.7. The maximum Gasteiger partial charge on any atom is 0.186 e. The lowest BCUT2D eigenvalue weighted by Gasteiger charge is -2.43. The fourth-order valence-electron chi connectivity index (χ4n) is 3.47. The molecule has 0 saturated carbocycles. The SMILES string of the molecule is COc1ccc(CO[C@@H]2[C@@H](OCc3ccccc3)[C@@H](O)[C@@H](OC(C)C)O[C@H]2C)cc1. The van der Waals surface area contributed by atoms with Crippen molar-refractivity contribution in [3.8, 4) is 5.75 Å². The minimum Gasteiger partial charge on any atom is -0.497 e. The number of aliphatic hydroxyl groups is 1. The van der Waals surface area contributed by atoms with Crippen molar-refractivity contribution in [2.45, 2.75) is 70.8 Å². The lowest BCUT2D eigenvalue weighted by atomic mass is 9.99. The summed E-state index contributed by atoms with van der Waals surface area (Å²) in [4.78, 5) is 0. The van der Waals surface area contributed by atoms with E-state index in [9.17, 15) is 5.11 Å². The predicted octanol–water partition coefficient (Wildman–Crippen LogP) is 3.70. The van der Waals surface area contributed by atoms with Crippen molar-refractivity contribution in [2.24, 2.45) is 0 Å². The third kappa shape index (κ3) is 6.03. The highest BCUT2D eigenvalue weighted by atomic mass is 16.7. The Hall–Kier alpha value is -1.96. The highest BCUT2D eigenvalue weighted by molar-refractivity contribution is 5.26. The van der Waals surface area contributed by atoms with Crippen LogP contribution >= 0.6 is 0 Å². The Morgan fingerprint density at radius 3 is 2.10 bits per heavy atom. The van der Waals surface area contributed by atoms with E-state index in [2.05, 4.69) is 0 Å². The summed E-state index contributed by atoms with van der Waals surface area (Å²) >= 11 is 0. The first-order chi connectivity index (χ1) is 14.5. The average molecular weight is 417 g/mol. The summed E-state index contributed by atoms with van der Waals surface area (Å²) in [6.45, 7) is 6.47. The zero-order valence-electron chi connectivity index (χ0n) is 18.1.